The van der Waals surface area contributed by atoms with Gasteiger partial charge in [-0.3, -0.25) is 0 Å². The number of nitrogens with one attached hydrogen (secondary N) is 2. The molecule has 0 spiro atoms. The van der Waals surface area contributed by atoms with E-state index in [1.54, 1.807) is 6.92 Å². The topological polar surface area (TPSA) is 108 Å². The number of phenols is 2. The fourth-order valence-electron chi connectivity index (χ4n) is 1.87. The fraction of sp³-hybridized carbons (Fsp3) is 0.467. The van der Waals surface area contributed by atoms with Gasteiger partial charge in [0.15, 0.2) is 0 Å². The predicted octanol–water partition coefficient (Wildman–Crippen LogP) is 2.20. The van der Waals surface area contributed by atoms with Crippen molar-refractivity contribution < 1.29 is 24.5 Å². The molecule has 0 bridgehead atoms. The van der Waals surface area contributed by atoms with E-state index in [0.717, 1.165) is 6.07 Å². The average Bonchev–Trinajstić information content (AvgIpc) is 2.41. The molecule has 1 atom stereocenters. The van der Waals surface area contributed by atoms with Gasteiger partial charge in [-0.2, -0.15) is 0 Å². The summed E-state index contributed by atoms with van der Waals surface area (Å²) in [4.78, 5) is 23.8. The van der Waals surface area contributed by atoms with Crippen LogP contribution >= 0.6 is 0 Å². The van der Waals surface area contributed by atoms with Gasteiger partial charge in [-0.05, 0) is 31.4 Å². The first-order valence-corrected chi connectivity index (χ1v) is 7.09. The number of benzene rings is 1. The molecule has 0 fully saturated rings. The standard InChI is InChI=1S/C15H22N2O5/c1-4-22-14(20)12(7-9(2)3)17-15(21)16-11-6-5-10(18)8-13(11)19/h5-6,8-9,12,18-19H,4,7H2,1-3H3,(H2,16,17,21)/t12-/m0/s1. The Kier molecular flexibility index (Phi) is 6.49. The third-order valence-corrected chi connectivity index (χ3v) is 2.81. The Morgan fingerprint density at radius 2 is 1.95 bits per heavy atom. The van der Waals surface area contributed by atoms with Crippen LogP contribution in [0.25, 0.3) is 0 Å². The second kappa shape index (κ2) is 8.11. The smallest absolute Gasteiger partial charge is 0.328 e. The Bertz CT molecular complexity index is 531. The van der Waals surface area contributed by atoms with Crippen LogP contribution in [-0.4, -0.2) is 34.9 Å². The third kappa shape index (κ3) is 5.51. The summed E-state index contributed by atoms with van der Waals surface area (Å²) in [6, 6.07) is 2.38. The lowest BCUT2D eigenvalue weighted by molar-refractivity contribution is -0.145. The van der Waals surface area contributed by atoms with Crippen molar-refractivity contribution in [2.45, 2.75) is 33.2 Å². The SMILES string of the molecule is CCOC(=O)[C@H](CC(C)C)NC(=O)Nc1ccc(O)cc1O. The monoisotopic (exact) mass is 310 g/mol. The van der Waals surface area contributed by atoms with Gasteiger partial charge in [0.2, 0.25) is 0 Å². The second-order valence-electron chi connectivity index (χ2n) is 5.23. The van der Waals surface area contributed by atoms with E-state index in [4.69, 9.17) is 4.74 Å². The summed E-state index contributed by atoms with van der Waals surface area (Å²) in [5.41, 5.74) is 0.127. The maximum absolute atomic E-state index is 11.9. The van der Waals surface area contributed by atoms with Gasteiger partial charge in [0.05, 0.1) is 12.3 Å². The van der Waals surface area contributed by atoms with Gasteiger partial charge in [0, 0.05) is 6.07 Å². The van der Waals surface area contributed by atoms with Crippen molar-refractivity contribution in [2.24, 2.45) is 5.92 Å². The quantitative estimate of drug-likeness (QED) is 0.366. The molecule has 1 rings (SSSR count). The van der Waals surface area contributed by atoms with Gasteiger partial charge in [-0.1, -0.05) is 13.8 Å². The number of amides is 2. The number of carbonyl (C=O) groups is 2. The van der Waals surface area contributed by atoms with Crippen LogP contribution < -0.4 is 10.6 Å². The second-order valence-corrected chi connectivity index (χ2v) is 5.23. The minimum atomic E-state index is -0.765. The van der Waals surface area contributed by atoms with Crippen LogP contribution in [0.3, 0.4) is 0 Å². The van der Waals surface area contributed by atoms with Crippen molar-refractivity contribution >= 4 is 17.7 Å². The lowest BCUT2D eigenvalue weighted by Crippen LogP contribution is -2.44. The maximum Gasteiger partial charge on any atom is 0.328 e. The number of esters is 1. The Balaban J connectivity index is 2.71. The molecule has 0 aromatic heterocycles. The van der Waals surface area contributed by atoms with E-state index in [0.29, 0.717) is 6.42 Å². The molecule has 0 aliphatic carbocycles. The first kappa shape index (κ1) is 17.6. The summed E-state index contributed by atoms with van der Waals surface area (Å²) >= 11 is 0. The van der Waals surface area contributed by atoms with E-state index in [1.165, 1.54) is 12.1 Å². The summed E-state index contributed by atoms with van der Waals surface area (Å²) in [7, 11) is 0. The highest BCUT2D eigenvalue weighted by atomic mass is 16.5. The molecule has 0 saturated heterocycles. The number of carbonyl (C=O) groups excluding carboxylic acids is 2. The van der Waals surface area contributed by atoms with E-state index < -0.39 is 18.0 Å². The lowest BCUT2D eigenvalue weighted by atomic mass is 10.0. The molecule has 4 N–H and O–H groups in total. The van der Waals surface area contributed by atoms with Crippen LogP contribution in [0.5, 0.6) is 11.5 Å². The Labute approximate surface area is 129 Å². The van der Waals surface area contributed by atoms with Crippen LogP contribution in [0.2, 0.25) is 0 Å². The molecule has 0 heterocycles. The average molecular weight is 310 g/mol. The number of hydrogen-bond donors (Lipinski definition) is 4. The molecular formula is C15H22N2O5. The zero-order valence-corrected chi connectivity index (χ0v) is 12.9. The Morgan fingerprint density at radius 3 is 2.50 bits per heavy atom. The molecule has 0 unspecified atom stereocenters. The molecule has 0 aliphatic heterocycles. The molecule has 0 saturated carbocycles. The molecule has 1 aromatic rings. The molecule has 7 nitrogen and oxygen atoms in total. The van der Waals surface area contributed by atoms with Crippen molar-refractivity contribution in [3.05, 3.63) is 18.2 Å². The number of anilines is 1. The molecular weight excluding hydrogens is 288 g/mol. The first-order chi connectivity index (χ1) is 10.3. The van der Waals surface area contributed by atoms with Gasteiger partial charge in [-0.15, -0.1) is 0 Å². The summed E-state index contributed by atoms with van der Waals surface area (Å²) in [5.74, 6) is -0.697. The van der Waals surface area contributed by atoms with Crippen LogP contribution in [0.4, 0.5) is 10.5 Å². The Hall–Kier alpha value is -2.44. The van der Waals surface area contributed by atoms with Gasteiger partial charge in [0.1, 0.15) is 17.5 Å². The normalized spacial score (nSPS) is 11.8. The highest BCUT2D eigenvalue weighted by Gasteiger charge is 2.23. The minimum Gasteiger partial charge on any atom is -0.508 e. The number of ether oxygens (including phenoxy) is 1. The van der Waals surface area contributed by atoms with E-state index in [2.05, 4.69) is 10.6 Å². The van der Waals surface area contributed by atoms with Crippen LogP contribution in [0.1, 0.15) is 27.2 Å². The summed E-state index contributed by atoms with van der Waals surface area (Å²) in [5, 5.41) is 23.8. The van der Waals surface area contributed by atoms with Crippen LogP contribution in [-0.2, 0) is 9.53 Å². The first-order valence-electron chi connectivity index (χ1n) is 7.09. The number of phenolic OH excluding ortho intramolecular Hbond substituents is 2. The summed E-state index contributed by atoms with van der Waals surface area (Å²) in [6.07, 6.45) is 0.438. The number of hydrogen-bond acceptors (Lipinski definition) is 5. The van der Waals surface area contributed by atoms with Crippen molar-refractivity contribution in [1.29, 1.82) is 0 Å². The highest BCUT2D eigenvalue weighted by molar-refractivity contribution is 5.93. The van der Waals surface area contributed by atoms with E-state index in [9.17, 15) is 19.8 Å². The zero-order chi connectivity index (χ0) is 16.7. The predicted molar refractivity (Wildman–Crippen MR) is 81.8 cm³/mol. The number of aromatic hydroxyl groups is 2. The minimum absolute atomic E-state index is 0.118. The maximum atomic E-state index is 11.9. The van der Waals surface area contributed by atoms with Crippen LogP contribution in [0.15, 0.2) is 18.2 Å². The molecule has 122 valence electrons. The lowest BCUT2D eigenvalue weighted by Gasteiger charge is -2.19. The summed E-state index contributed by atoms with van der Waals surface area (Å²) < 4.78 is 4.93. The van der Waals surface area contributed by atoms with Crippen molar-refractivity contribution in [2.75, 3.05) is 11.9 Å². The molecule has 0 aliphatic rings. The van der Waals surface area contributed by atoms with E-state index in [-0.39, 0.29) is 29.7 Å². The Morgan fingerprint density at radius 1 is 1.27 bits per heavy atom. The van der Waals surface area contributed by atoms with Crippen molar-refractivity contribution in [3.8, 4) is 11.5 Å². The fourth-order valence-corrected chi connectivity index (χ4v) is 1.87. The number of rotatable bonds is 6. The van der Waals surface area contributed by atoms with E-state index in [1.807, 2.05) is 13.8 Å². The molecule has 0 radical (unpaired) electrons. The summed E-state index contributed by atoms with van der Waals surface area (Å²) in [6.45, 7) is 5.78. The van der Waals surface area contributed by atoms with E-state index >= 15 is 0 Å². The van der Waals surface area contributed by atoms with Gasteiger partial charge in [-0.25, -0.2) is 9.59 Å². The molecule has 22 heavy (non-hydrogen) atoms. The van der Waals surface area contributed by atoms with Gasteiger partial charge < -0.3 is 25.6 Å². The zero-order valence-electron chi connectivity index (χ0n) is 12.9. The van der Waals surface area contributed by atoms with Crippen molar-refractivity contribution in [3.63, 3.8) is 0 Å². The third-order valence-electron chi connectivity index (χ3n) is 2.81. The highest BCUT2D eigenvalue weighted by Crippen LogP contribution is 2.27. The molecule has 7 heteroatoms. The molecule has 1 aromatic carbocycles. The number of urea groups is 1. The van der Waals surface area contributed by atoms with Gasteiger partial charge in [0.25, 0.3) is 0 Å². The van der Waals surface area contributed by atoms with Crippen LogP contribution in [0, 0.1) is 5.92 Å². The van der Waals surface area contributed by atoms with Crippen molar-refractivity contribution in [1.82, 2.24) is 5.32 Å². The molecule has 2 amide bonds. The van der Waals surface area contributed by atoms with Gasteiger partial charge >= 0.3 is 12.0 Å². The largest absolute Gasteiger partial charge is 0.508 e.